The molecular formula is C21H28N2O7. The number of ether oxygens (including phenoxy) is 5. The van der Waals surface area contributed by atoms with Crippen molar-refractivity contribution in [1.29, 1.82) is 0 Å². The van der Waals surface area contributed by atoms with Crippen molar-refractivity contribution in [3.8, 4) is 17.2 Å². The van der Waals surface area contributed by atoms with Crippen LogP contribution in [-0.2, 0) is 19.1 Å². The maximum atomic E-state index is 12.8. The SMILES string of the molecule is CCOC(=O)C1=C(C)NC(N)=C(C(=O)OCC)C1c1cc(OC)c(OC)c(OC)c1. The molecule has 0 aromatic heterocycles. The molecule has 1 heterocycles. The largest absolute Gasteiger partial charge is 0.493 e. The van der Waals surface area contributed by atoms with Crippen LogP contribution in [0.4, 0.5) is 0 Å². The fourth-order valence-electron chi connectivity index (χ4n) is 3.37. The molecule has 1 aliphatic heterocycles. The summed E-state index contributed by atoms with van der Waals surface area (Å²) in [5, 5.41) is 2.89. The first-order valence-electron chi connectivity index (χ1n) is 9.45. The van der Waals surface area contributed by atoms with Gasteiger partial charge in [-0.15, -0.1) is 0 Å². The van der Waals surface area contributed by atoms with E-state index in [-0.39, 0.29) is 30.2 Å². The van der Waals surface area contributed by atoms with Crippen LogP contribution in [0.15, 0.2) is 34.8 Å². The molecule has 0 fully saturated rings. The zero-order chi connectivity index (χ0) is 22.4. The molecular weight excluding hydrogens is 392 g/mol. The molecule has 2 rings (SSSR count). The molecule has 0 radical (unpaired) electrons. The lowest BCUT2D eigenvalue weighted by Gasteiger charge is -2.30. The number of benzene rings is 1. The molecule has 0 saturated heterocycles. The number of hydrogen-bond acceptors (Lipinski definition) is 9. The van der Waals surface area contributed by atoms with Gasteiger partial charge in [0, 0.05) is 5.70 Å². The Balaban J connectivity index is 2.79. The third-order valence-electron chi connectivity index (χ3n) is 4.60. The van der Waals surface area contributed by atoms with Crippen LogP contribution in [0.5, 0.6) is 17.2 Å². The lowest BCUT2D eigenvalue weighted by atomic mass is 9.81. The number of hydrogen-bond donors (Lipinski definition) is 2. The van der Waals surface area contributed by atoms with Gasteiger partial charge in [-0.05, 0) is 38.5 Å². The van der Waals surface area contributed by atoms with E-state index in [9.17, 15) is 9.59 Å². The standard InChI is InChI=1S/C21H28N2O7/c1-7-29-20(24)15-11(3)23-19(22)17(21(25)30-8-2)16(15)12-9-13(26-4)18(28-6)14(10-12)27-5/h9-10,16,23H,7-8,22H2,1-6H3. The zero-order valence-corrected chi connectivity index (χ0v) is 18.1. The Bertz CT molecular complexity index is 824. The monoisotopic (exact) mass is 420 g/mol. The van der Waals surface area contributed by atoms with Crippen molar-refractivity contribution in [2.75, 3.05) is 34.5 Å². The van der Waals surface area contributed by atoms with E-state index in [1.807, 2.05) is 0 Å². The molecule has 1 atom stereocenters. The fraction of sp³-hybridized carbons (Fsp3) is 0.429. The van der Waals surface area contributed by atoms with E-state index in [4.69, 9.17) is 29.4 Å². The number of carbonyl (C=O) groups excluding carboxylic acids is 2. The molecule has 164 valence electrons. The Hall–Kier alpha value is -3.36. The summed E-state index contributed by atoms with van der Waals surface area (Å²) in [5.41, 5.74) is 7.49. The number of carbonyl (C=O) groups is 2. The van der Waals surface area contributed by atoms with Crippen molar-refractivity contribution in [2.24, 2.45) is 5.73 Å². The Kier molecular flexibility index (Phi) is 7.57. The van der Waals surface area contributed by atoms with Crippen LogP contribution in [-0.4, -0.2) is 46.5 Å². The van der Waals surface area contributed by atoms with Crippen LogP contribution >= 0.6 is 0 Å². The smallest absolute Gasteiger partial charge is 0.338 e. The first kappa shape index (κ1) is 22.9. The highest BCUT2D eigenvalue weighted by Gasteiger charge is 2.39. The van der Waals surface area contributed by atoms with Gasteiger partial charge in [0.15, 0.2) is 11.5 Å². The second-order valence-electron chi connectivity index (χ2n) is 6.32. The quantitative estimate of drug-likeness (QED) is 0.608. The van der Waals surface area contributed by atoms with Gasteiger partial charge in [0.25, 0.3) is 0 Å². The van der Waals surface area contributed by atoms with Gasteiger partial charge >= 0.3 is 11.9 Å². The summed E-state index contributed by atoms with van der Waals surface area (Å²) in [6.45, 7) is 5.40. The van der Waals surface area contributed by atoms with E-state index in [1.165, 1.54) is 21.3 Å². The fourth-order valence-corrected chi connectivity index (χ4v) is 3.37. The van der Waals surface area contributed by atoms with Gasteiger partial charge in [-0.3, -0.25) is 0 Å². The van der Waals surface area contributed by atoms with Gasteiger partial charge in [0.2, 0.25) is 5.75 Å². The summed E-state index contributed by atoms with van der Waals surface area (Å²) in [5.74, 6) is -0.867. The van der Waals surface area contributed by atoms with Crippen LogP contribution in [0.2, 0.25) is 0 Å². The van der Waals surface area contributed by atoms with Gasteiger partial charge < -0.3 is 34.7 Å². The Labute approximate surface area is 175 Å². The van der Waals surface area contributed by atoms with Gasteiger partial charge in [0.05, 0.1) is 51.6 Å². The first-order valence-corrected chi connectivity index (χ1v) is 9.45. The third kappa shape index (κ3) is 4.29. The summed E-state index contributed by atoms with van der Waals surface area (Å²) in [6, 6.07) is 3.33. The first-order chi connectivity index (χ1) is 14.3. The number of nitrogens with one attached hydrogen (secondary N) is 1. The second-order valence-corrected chi connectivity index (χ2v) is 6.32. The van der Waals surface area contributed by atoms with E-state index < -0.39 is 17.9 Å². The summed E-state index contributed by atoms with van der Waals surface area (Å²) >= 11 is 0. The zero-order valence-electron chi connectivity index (χ0n) is 18.1. The molecule has 0 bridgehead atoms. The summed E-state index contributed by atoms with van der Waals surface area (Å²) in [6.07, 6.45) is 0. The van der Waals surface area contributed by atoms with Crippen LogP contribution in [0.25, 0.3) is 0 Å². The average Bonchev–Trinajstić information content (AvgIpc) is 2.72. The minimum Gasteiger partial charge on any atom is -0.493 e. The van der Waals surface area contributed by atoms with Crippen LogP contribution < -0.4 is 25.3 Å². The average molecular weight is 420 g/mol. The minimum absolute atomic E-state index is 0.0951. The molecule has 1 aromatic carbocycles. The van der Waals surface area contributed by atoms with Crippen molar-refractivity contribution in [1.82, 2.24) is 5.32 Å². The van der Waals surface area contributed by atoms with E-state index in [0.717, 1.165) is 0 Å². The van der Waals surface area contributed by atoms with Crippen molar-refractivity contribution in [3.05, 3.63) is 40.4 Å². The maximum Gasteiger partial charge on any atom is 0.338 e. The molecule has 9 heteroatoms. The van der Waals surface area contributed by atoms with Gasteiger partial charge in [0.1, 0.15) is 5.82 Å². The molecule has 30 heavy (non-hydrogen) atoms. The minimum atomic E-state index is -0.863. The van der Waals surface area contributed by atoms with E-state index in [1.54, 1.807) is 32.9 Å². The molecule has 0 spiro atoms. The van der Waals surface area contributed by atoms with E-state index in [2.05, 4.69) is 5.32 Å². The molecule has 9 nitrogen and oxygen atoms in total. The highest BCUT2D eigenvalue weighted by molar-refractivity contribution is 6.00. The van der Waals surface area contributed by atoms with Gasteiger partial charge in [-0.25, -0.2) is 9.59 Å². The van der Waals surface area contributed by atoms with Crippen LogP contribution in [0.3, 0.4) is 0 Å². The predicted molar refractivity (Wildman–Crippen MR) is 109 cm³/mol. The number of nitrogens with two attached hydrogens (primary N) is 1. The normalized spacial score (nSPS) is 16.0. The van der Waals surface area contributed by atoms with Gasteiger partial charge in [-0.1, -0.05) is 0 Å². The van der Waals surface area contributed by atoms with Crippen molar-refractivity contribution < 1.29 is 33.3 Å². The topological polar surface area (TPSA) is 118 Å². The third-order valence-corrected chi connectivity index (χ3v) is 4.60. The Morgan fingerprint density at radius 3 is 1.87 bits per heavy atom. The molecule has 1 aromatic rings. The summed E-state index contributed by atoms with van der Waals surface area (Å²) < 4.78 is 26.7. The lowest BCUT2D eigenvalue weighted by Crippen LogP contribution is -2.36. The van der Waals surface area contributed by atoms with E-state index >= 15 is 0 Å². The van der Waals surface area contributed by atoms with Crippen LogP contribution in [0, 0.1) is 0 Å². The molecule has 3 N–H and O–H groups in total. The van der Waals surface area contributed by atoms with E-state index in [0.29, 0.717) is 28.5 Å². The van der Waals surface area contributed by atoms with Crippen molar-refractivity contribution >= 4 is 11.9 Å². The maximum absolute atomic E-state index is 12.8. The van der Waals surface area contributed by atoms with Crippen molar-refractivity contribution in [3.63, 3.8) is 0 Å². The highest BCUT2D eigenvalue weighted by Crippen LogP contribution is 2.45. The number of allylic oxidation sites excluding steroid dienone is 1. The molecule has 0 saturated carbocycles. The molecule has 1 aliphatic rings. The molecule has 0 aliphatic carbocycles. The number of methoxy groups -OCH3 is 3. The number of dihydropyridines is 1. The van der Waals surface area contributed by atoms with Gasteiger partial charge in [-0.2, -0.15) is 0 Å². The van der Waals surface area contributed by atoms with Crippen LogP contribution in [0.1, 0.15) is 32.3 Å². The number of esters is 2. The number of rotatable bonds is 8. The second kappa shape index (κ2) is 9.91. The van der Waals surface area contributed by atoms with Crippen molar-refractivity contribution in [2.45, 2.75) is 26.7 Å². The lowest BCUT2D eigenvalue weighted by molar-refractivity contribution is -0.139. The predicted octanol–water partition coefficient (Wildman–Crippen LogP) is 1.97. The summed E-state index contributed by atoms with van der Waals surface area (Å²) in [4.78, 5) is 25.6. The highest BCUT2D eigenvalue weighted by atomic mass is 16.5. The Morgan fingerprint density at radius 1 is 0.933 bits per heavy atom. The molecule has 1 unspecified atom stereocenters. The Morgan fingerprint density at radius 2 is 1.43 bits per heavy atom. The molecule has 0 amide bonds. The summed E-state index contributed by atoms with van der Waals surface area (Å²) in [7, 11) is 4.45.